The van der Waals surface area contributed by atoms with E-state index in [9.17, 15) is 0 Å². The molecule has 1 aromatic carbocycles. The Kier molecular flexibility index (Phi) is 4.61. The largest absolute Gasteiger partial charge is 0.496 e. The molecule has 0 N–H and O–H groups in total. The monoisotopic (exact) mass is 290 g/mol. The van der Waals surface area contributed by atoms with Crippen LogP contribution >= 0.6 is 11.6 Å². The third kappa shape index (κ3) is 3.10. The second-order valence-corrected chi connectivity index (χ2v) is 5.29. The van der Waals surface area contributed by atoms with Crippen molar-refractivity contribution in [2.24, 2.45) is 0 Å². The quantitative estimate of drug-likeness (QED) is 0.784. The topological polar surface area (TPSA) is 35.0 Å². The summed E-state index contributed by atoms with van der Waals surface area (Å²) in [4.78, 5) is 8.88. The number of rotatable bonds is 4. The van der Waals surface area contributed by atoms with E-state index in [2.05, 4.69) is 36.8 Å². The van der Waals surface area contributed by atoms with Crippen LogP contribution in [0.2, 0.25) is 5.15 Å². The molecule has 0 saturated heterocycles. The van der Waals surface area contributed by atoms with Crippen LogP contribution in [0.15, 0.2) is 18.2 Å². The maximum atomic E-state index is 6.12. The smallest absolute Gasteiger partial charge is 0.133 e. The van der Waals surface area contributed by atoms with Crippen LogP contribution in [0.5, 0.6) is 5.75 Å². The van der Waals surface area contributed by atoms with Gasteiger partial charge in [0.15, 0.2) is 0 Å². The highest BCUT2D eigenvalue weighted by atomic mass is 35.5. The Labute approximate surface area is 125 Å². The van der Waals surface area contributed by atoms with E-state index >= 15 is 0 Å². The molecule has 0 spiro atoms. The van der Waals surface area contributed by atoms with E-state index in [1.54, 1.807) is 13.2 Å². The highest BCUT2D eigenvalue weighted by Gasteiger charge is 2.13. The van der Waals surface area contributed by atoms with Crippen LogP contribution in [-0.4, -0.2) is 17.1 Å². The molecule has 0 saturated carbocycles. The first-order valence-corrected chi connectivity index (χ1v) is 7.12. The molecule has 0 radical (unpaired) electrons. The Morgan fingerprint density at radius 1 is 1.15 bits per heavy atom. The summed E-state index contributed by atoms with van der Waals surface area (Å²) in [6.07, 6.45) is 1.81. The average Bonchev–Trinajstić information content (AvgIpc) is 2.37. The summed E-state index contributed by atoms with van der Waals surface area (Å²) in [5.74, 6) is 1.59. The van der Waals surface area contributed by atoms with Crippen molar-refractivity contribution in [3.63, 3.8) is 0 Å². The molecule has 20 heavy (non-hydrogen) atoms. The van der Waals surface area contributed by atoms with E-state index in [0.29, 0.717) is 5.15 Å². The minimum absolute atomic E-state index is 0.473. The number of hydrogen-bond acceptors (Lipinski definition) is 3. The molecule has 1 heterocycles. The first-order valence-electron chi connectivity index (χ1n) is 6.74. The van der Waals surface area contributed by atoms with Crippen LogP contribution in [-0.2, 0) is 6.42 Å². The zero-order chi connectivity index (χ0) is 14.7. The maximum absolute atomic E-state index is 6.12. The molecule has 3 nitrogen and oxygen atoms in total. The molecule has 0 amide bonds. The van der Waals surface area contributed by atoms with Crippen molar-refractivity contribution in [2.45, 2.75) is 33.6 Å². The fourth-order valence-corrected chi connectivity index (χ4v) is 2.55. The van der Waals surface area contributed by atoms with Crippen molar-refractivity contribution < 1.29 is 4.74 Å². The zero-order valence-electron chi connectivity index (χ0n) is 12.3. The first kappa shape index (κ1) is 14.8. The number of nitrogens with zero attached hydrogens (tertiary/aromatic N) is 2. The highest BCUT2D eigenvalue weighted by Crippen LogP contribution is 2.34. The molecule has 0 fully saturated rings. The van der Waals surface area contributed by atoms with Gasteiger partial charge in [0.1, 0.15) is 16.7 Å². The van der Waals surface area contributed by atoms with Gasteiger partial charge >= 0.3 is 0 Å². The fourth-order valence-electron chi connectivity index (χ4n) is 2.35. The average molecular weight is 291 g/mol. The van der Waals surface area contributed by atoms with Gasteiger partial charge in [0.25, 0.3) is 0 Å². The summed E-state index contributed by atoms with van der Waals surface area (Å²) in [5.41, 5.74) is 4.10. The fraction of sp³-hybridized carbons (Fsp3) is 0.375. The molecule has 1 aromatic heterocycles. The summed E-state index contributed by atoms with van der Waals surface area (Å²) < 4.78 is 5.50. The Morgan fingerprint density at radius 2 is 1.90 bits per heavy atom. The molecular formula is C16H19ClN2O. The van der Waals surface area contributed by atoms with Crippen molar-refractivity contribution >= 4 is 11.6 Å². The molecule has 0 unspecified atom stereocenters. The van der Waals surface area contributed by atoms with E-state index in [1.807, 2.05) is 6.07 Å². The molecule has 0 aliphatic carbocycles. The van der Waals surface area contributed by atoms with E-state index in [-0.39, 0.29) is 0 Å². The summed E-state index contributed by atoms with van der Waals surface area (Å²) in [5, 5.41) is 0.473. The number of benzene rings is 1. The second-order valence-electron chi connectivity index (χ2n) is 4.90. The molecular weight excluding hydrogens is 272 g/mol. The van der Waals surface area contributed by atoms with E-state index in [4.69, 9.17) is 16.3 Å². The number of methoxy groups -OCH3 is 1. The molecule has 4 heteroatoms. The van der Waals surface area contributed by atoms with Gasteiger partial charge in [-0.05, 0) is 37.5 Å². The van der Waals surface area contributed by atoms with Crippen LogP contribution in [0.25, 0.3) is 11.3 Å². The molecule has 106 valence electrons. The lowest BCUT2D eigenvalue weighted by molar-refractivity contribution is 0.415. The SMILES string of the molecule is CCCc1nc(Cl)cc(-c2c(C)cc(C)cc2OC)n1. The van der Waals surface area contributed by atoms with Gasteiger partial charge in [-0.3, -0.25) is 0 Å². The van der Waals surface area contributed by atoms with Gasteiger partial charge in [-0.15, -0.1) is 0 Å². The molecule has 0 bridgehead atoms. The van der Waals surface area contributed by atoms with Crippen molar-refractivity contribution in [1.82, 2.24) is 9.97 Å². The molecule has 2 aromatic rings. The molecule has 0 aliphatic heterocycles. The van der Waals surface area contributed by atoms with E-state index in [1.165, 1.54) is 0 Å². The highest BCUT2D eigenvalue weighted by molar-refractivity contribution is 6.29. The minimum atomic E-state index is 0.473. The number of aromatic nitrogens is 2. The van der Waals surface area contributed by atoms with Crippen LogP contribution in [0.1, 0.15) is 30.3 Å². The minimum Gasteiger partial charge on any atom is -0.496 e. The first-order chi connectivity index (χ1) is 9.55. The Morgan fingerprint density at radius 3 is 2.55 bits per heavy atom. The Hall–Kier alpha value is -1.61. The number of aryl methyl sites for hydroxylation is 3. The van der Waals surface area contributed by atoms with E-state index < -0.39 is 0 Å². The Balaban J connectivity index is 2.61. The number of hydrogen-bond donors (Lipinski definition) is 0. The van der Waals surface area contributed by atoms with Crippen molar-refractivity contribution in [3.8, 4) is 17.0 Å². The van der Waals surface area contributed by atoms with Crippen LogP contribution in [0.3, 0.4) is 0 Å². The molecule has 0 aliphatic rings. The van der Waals surface area contributed by atoms with Gasteiger partial charge < -0.3 is 4.74 Å². The van der Waals surface area contributed by atoms with Crippen molar-refractivity contribution in [3.05, 3.63) is 40.3 Å². The summed E-state index contributed by atoms with van der Waals surface area (Å²) >= 11 is 6.12. The van der Waals surface area contributed by atoms with Gasteiger partial charge in [0.2, 0.25) is 0 Å². The van der Waals surface area contributed by atoms with Gasteiger partial charge in [-0.2, -0.15) is 0 Å². The summed E-state index contributed by atoms with van der Waals surface area (Å²) in [7, 11) is 1.67. The predicted molar refractivity (Wildman–Crippen MR) is 82.5 cm³/mol. The second kappa shape index (κ2) is 6.23. The van der Waals surface area contributed by atoms with Gasteiger partial charge in [0.05, 0.1) is 12.8 Å². The van der Waals surface area contributed by atoms with Gasteiger partial charge in [-0.1, -0.05) is 24.6 Å². The molecule has 0 atom stereocenters. The van der Waals surface area contributed by atoms with Gasteiger partial charge in [0, 0.05) is 18.1 Å². The predicted octanol–water partition coefficient (Wildman–Crippen LogP) is 4.37. The van der Waals surface area contributed by atoms with Crippen molar-refractivity contribution in [2.75, 3.05) is 7.11 Å². The Bertz CT molecular complexity index is 626. The van der Waals surface area contributed by atoms with Crippen LogP contribution in [0.4, 0.5) is 0 Å². The lowest BCUT2D eigenvalue weighted by Gasteiger charge is -2.13. The summed E-state index contributed by atoms with van der Waals surface area (Å²) in [6.45, 7) is 6.21. The number of ether oxygens (including phenoxy) is 1. The third-order valence-corrected chi connectivity index (χ3v) is 3.33. The van der Waals surface area contributed by atoms with Gasteiger partial charge in [-0.25, -0.2) is 9.97 Å². The van der Waals surface area contributed by atoms with Crippen LogP contribution in [0, 0.1) is 13.8 Å². The number of halogens is 1. The standard InChI is InChI=1S/C16H19ClN2O/c1-5-6-15-18-12(9-14(17)19-15)16-11(3)7-10(2)8-13(16)20-4/h7-9H,5-6H2,1-4H3. The normalized spacial score (nSPS) is 10.7. The summed E-state index contributed by atoms with van der Waals surface area (Å²) in [6, 6.07) is 5.92. The lowest BCUT2D eigenvalue weighted by Crippen LogP contribution is -2.00. The lowest BCUT2D eigenvalue weighted by atomic mass is 10.0. The van der Waals surface area contributed by atoms with Crippen LogP contribution < -0.4 is 4.74 Å². The van der Waals surface area contributed by atoms with E-state index in [0.717, 1.165) is 46.8 Å². The zero-order valence-corrected chi connectivity index (χ0v) is 13.1. The van der Waals surface area contributed by atoms with Crippen molar-refractivity contribution in [1.29, 1.82) is 0 Å². The third-order valence-electron chi connectivity index (χ3n) is 3.13. The molecule has 2 rings (SSSR count). The maximum Gasteiger partial charge on any atom is 0.133 e.